The zero-order chi connectivity index (χ0) is 13.2. The minimum Gasteiger partial charge on any atom is -0.384 e. The van der Waals surface area contributed by atoms with Gasteiger partial charge in [-0.3, -0.25) is 4.79 Å². The van der Waals surface area contributed by atoms with Gasteiger partial charge in [0.25, 0.3) is 0 Å². The van der Waals surface area contributed by atoms with Crippen molar-refractivity contribution in [1.29, 1.82) is 0 Å². The predicted octanol–water partition coefficient (Wildman–Crippen LogP) is 1.81. The molecule has 0 saturated heterocycles. The molecule has 5 nitrogen and oxygen atoms in total. The lowest BCUT2D eigenvalue weighted by molar-refractivity contribution is 0.894. The number of benzene rings is 1. The monoisotopic (exact) mass is 252 g/mol. The van der Waals surface area contributed by atoms with Crippen molar-refractivity contribution in [2.45, 2.75) is 0 Å². The van der Waals surface area contributed by atoms with E-state index >= 15 is 0 Å². The Morgan fingerprint density at radius 3 is 2.68 bits per heavy atom. The Kier molecular flexibility index (Phi) is 2.64. The molecule has 1 aromatic carbocycles. The van der Waals surface area contributed by atoms with E-state index in [1.54, 1.807) is 23.1 Å². The number of rotatable bonds is 2. The van der Waals surface area contributed by atoms with Crippen LogP contribution < -0.4 is 11.2 Å². The quantitative estimate of drug-likeness (QED) is 0.730. The number of nitrogens with one attached hydrogen (secondary N) is 1. The Morgan fingerprint density at radius 1 is 1.16 bits per heavy atom. The van der Waals surface area contributed by atoms with Crippen LogP contribution in [0.5, 0.6) is 0 Å². The van der Waals surface area contributed by atoms with Gasteiger partial charge in [-0.25, -0.2) is 4.68 Å². The van der Waals surface area contributed by atoms with Crippen LogP contribution in [-0.2, 0) is 0 Å². The first-order valence-electron chi connectivity index (χ1n) is 5.84. The molecule has 0 radical (unpaired) electrons. The number of nitrogens with two attached hydrogens (primary N) is 1. The topological polar surface area (TPSA) is 76.7 Å². The van der Waals surface area contributed by atoms with Crippen LogP contribution in [0, 0.1) is 0 Å². The molecule has 0 saturated carbocycles. The van der Waals surface area contributed by atoms with E-state index in [-0.39, 0.29) is 5.43 Å². The number of aromatic amines is 1. The van der Waals surface area contributed by atoms with Crippen molar-refractivity contribution >= 4 is 5.82 Å². The van der Waals surface area contributed by atoms with Crippen LogP contribution in [-0.4, -0.2) is 14.8 Å². The number of H-pyrrole nitrogens is 1. The fraction of sp³-hybridized carbons (Fsp3) is 0. The van der Waals surface area contributed by atoms with Gasteiger partial charge in [0, 0.05) is 24.5 Å². The summed E-state index contributed by atoms with van der Waals surface area (Å²) in [5.74, 6) is 0.490. The molecule has 19 heavy (non-hydrogen) atoms. The van der Waals surface area contributed by atoms with E-state index in [0.29, 0.717) is 17.1 Å². The molecule has 0 amide bonds. The van der Waals surface area contributed by atoms with Gasteiger partial charge in [-0.05, 0) is 12.1 Å². The van der Waals surface area contributed by atoms with Gasteiger partial charge in [0.1, 0.15) is 11.5 Å². The van der Waals surface area contributed by atoms with E-state index in [4.69, 9.17) is 5.73 Å². The molecular weight excluding hydrogens is 240 g/mol. The molecule has 0 aliphatic rings. The predicted molar refractivity (Wildman–Crippen MR) is 74.0 cm³/mol. The number of para-hydroxylation sites is 1. The lowest BCUT2D eigenvalue weighted by atomic mass is 10.2. The summed E-state index contributed by atoms with van der Waals surface area (Å²) in [4.78, 5) is 14.6. The van der Waals surface area contributed by atoms with Crippen LogP contribution in [0.1, 0.15) is 0 Å². The molecule has 0 aliphatic heterocycles. The average Bonchev–Trinajstić information content (AvgIpc) is 2.82. The highest BCUT2D eigenvalue weighted by atomic mass is 16.1. The van der Waals surface area contributed by atoms with Crippen LogP contribution in [0.2, 0.25) is 0 Å². The summed E-state index contributed by atoms with van der Waals surface area (Å²) >= 11 is 0. The van der Waals surface area contributed by atoms with Gasteiger partial charge in [0.2, 0.25) is 0 Å². The molecule has 0 unspecified atom stereocenters. The third-order valence-electron chi connectivity index (χ3n) is 2.84. The number of anilines is 1. The van der Waals surface area contributed by atoms with E-state index in [0.717, 1.165) is 5.69 Å². The van der Waals surface area contributed by atoms with Crippen molar-refractivity contribution in [1.82, 2.24) is 14.8 Å². The van der Waals surface area contributed by atoms with Crippen LogP contribution in [0.4, 0.5) is 5.82 Å². The van der Waals surface area contributed by atoms with Gasteiger partial charge < -0.3 is 10.7 Å². The number of hydrogen-bond acceptors (Lipinski definition) is 3. The summed E-state index contributed by atoms with van der Waals surface area (Å²) < 4.78 is 1.61. The number of aromatic nitrogens is 3. The number of nitrogens with zero attached hydrogens (tertiary/aromatic N) is 2. The highest BCUT2D eigenvalue weighted by Gasteiger charge is 2.10. The second-order valence-electron chi connectivity index (χ2n) is 4.12. The molecule has 0 bridgehead atoms. The molecule has 5 heteroatoms. The second-order valence-corrected chi connectivity index (χ2v) is 4.12. The molecule has 2 heterocycles. The van der Waals surface area contributed by atoms with Gasteiger partial charge in [-0.15, -0.1) is 0 Å². The normalized spacial score (nSPS) is 10.5. The zero-order valence-electron chi connectivity index (χ0n) is 10.1. The van der Waals surface area contributed by atoms with Crippen LogP contribution in [0.15, 0.2) is 59.7 Å². The zero-order valence-corrected chi connectivity index (χ0v) is 10.1. The summed E-state index contributed by atoms with van der Waals surface area (Å²) in [7, 11) is 0. The molecule has 0 fully saturated rings. The maximum Gasteiger partial charge on any atom is 0.190 e. The average molecular weight is 252 g/mol. The third-order valence-corrected chi connectivity index (χ3v) is 2.84. The van der Waals surface area contributed by atoms with Crippen molar-refractivity contribution in [3.63, 3.8) is 0 Å². The first-order valence-corrected chi connectivity index (χ1v) is 5.84. The van der Waals surface area contributed by atoms with Crippen molar-refractivity contribution in [2.24, 2.45) is 0 Å². The minimum absolute atomic E-state index is 0.0866. The van der Waals surface area contributed by atoms with Crippen molar-refractivity contribution in [2.75, 3.05) is 5.73 Å². The molecule has 0 atom stereocenters. The molecule has 3 rings (SSSR count). The lowest BCUT2D eigenvalue weighted by Crippen LogP contribution is -2.04. The van der Waals surface area contributed by atoms with Crippen molar-refractivity contribution < 1.29 is 0 Å². The van der Waals surface area contributed by atoms with E-state index in [1.807, 2.05) is 30.3 Å². The van der Waals surface area contributed by atoms with Gasteiger partial charge in [0.05, 0.1) is 11.3 Å². The fourth-order valence-corrected chi connectivity index (χ4v) is 1.92. The highest BCUT2D eigenvalue weighted by Crippen LogP contribution is 2.19. The van der Waals surface area contributed by atoms with E-state index in [2.05, 4.69) is 10.1 Å². The molecular formula is C14H12N4O. The molecule has 0 spiro atoms. The Bertz CT molecular complexity index is 758. The number of nitrogen functional groups attached to an aromatic ring is 1. The minimum atomic E-state index is -0.0866. The first-order chi connectivity index (χ1) is 9.25. The maximum absolute atomic E-state index is 11.8. The fourth-order valence-electron chi connectivity index (χ4n) is 1.92. The highest BCUT2D eigenvalue weighted by molar-refractivity contribution is 5.62. The van der Waals surface area contributed by atoms with Gasteiger partial charge in [-0.2, -0.15) is 5.10 Å². The van der Waals surface area contributed by atoms with Gasteiger partial charge in [-0.1, -0.05) is 18.2 Å². The van der Waals surface area contributed by atoms with E-state index < -0.39 is 0 Å². The van der Waals surface area contributed by atoms with Crippen LogP contribution in [0.3, 0.4) is 0 Å². The second kappa shape index (κ2) is 4.45. The molecule has 3 N–H and O–H groups in total. The van der Waals surface area contributed by atoms with Crippen LogP contribution >= 0.6 is 0 Å². The molecule has 3 aromatic rings. The summed E-state index contributed by atoms with van der Waals surface area (Å²) in [5.41, 5.74) is 7.78. The number of pyridine rings is 1. The van der Waals surface area contributed by atoms with E-state index in [9.17, 15) is 4.79 Å². The Morgan fingerprint density at radius 2 is 1.95 bits per heavy atom. The number of hydrogen-bond donors (Lipinski definition) is 2. The van der Waals surface area contributed by atoms with Crippen molar-refractivity contribution in [3.8, 4) is 16.9 Å². The standard InChI is InChI=1S/C14H12N4O/c15-14-8-12(11-9-16-7-6-13(11)19)17-18(14)10-4-2-1-3-5-10/h1-9H,15H2,(H,16,19). The third kappa shape index (κ3) is 2.01. The summed E-state index contributed by atoms with van der Waals surface area (Å²) in [6.45, 7) is 0. The lowest BCUT2D eigenvalue weighted by Gasteiger charge is -2.02. The maximum atomic E-state index is 11.8. The van der Waals surface area contributed by atoms with Gasteiger partial charge >= 0.3 is 0 Å². The molecule has 0 aliphatic carbocycles. The summed E-state index contributed by atoms with van der Waals surface area (Å²) in [5, 5.41) is 4.38. The largest absolute Gasteiger partial charge is 0.384 e. The van der Waals surface area contributed by atoms with Crippen LogP contribution in [0.25, 0.3) is 16.9 Å². The van der Waals surface area contributed by atoms with Gasteiger partial charge in [0.15, 0.2) is 5.43 Å². The summed E-state index contributed by atoms with van der Waals surface area (Å²) in [6.07, 6.45) is 3.21. The first kappa shape index (κ1) is 11.3. The molecule has 94 valence electrons. The Balaban J connectivity index is 2.13. The Labute approximate surface area is 109 Å². The Hall–Kier alpha value is -2.82. The van der Waals surface area contributed by atoms with E-state index in [1.165, 1.54) is 6.07 Å². The van der Waals surface area contributed by atoms with Crippen molar-refractivity contribution in [3.05, 3.63) is 65.1 Å². The summed E-state index contributed by atoms with van der Waals surface area (Å²) in [6, 6.07) is 12.7. The SMILES string of the molecule is Nc1cc(-c2c[nH]ccc2=O)nn1-c1ccccc1. The molecule has 2 aromatic heterocycles. The smallest absolute Gasteiger partial charge is 0.190 e.